The fraction of sp³-hybridized carbons (Fsp3) is 0. The van der Waals surface area contributed by atoms with Gasteiger partial charge in [-0.25, -0.2) is 17.6 Å². The maximum Gasteiger partial charge on any atom is 0.175 e. The second-order valence-electron chi connectivity index (χ2n) is 4.14. The van der Waals surface area contributed by atoms with E-state index in [1.165, 1.54) is 0 Å². The highest BCUT2D eigenvalue weighted by molar-refractivity contribution is 6.00. The summed E-state index contributed by atoms with van der Waals surface area (Å²) in [6, 6.07) is 2.87. The monoisotopic (exact) mass is 282 g/mol. The highest BCUT2D eigenvalue weighted by Gasteiger charge is 2.20. The molecule has 2 aromatic carbocycles. The molecule has 0 aliphatic rings. The van der Waals surface area contributed by atoms with E-state index in [0.717, 1.165) is 12.1 Å². The first-order chi connectivity index (χ1) is 9.47. The molecule has 0 bridgehead atoms. The van der Waals surface area contributed by atoms with Gasteiger partial charge >= 0.3 is 0 Å². The molecule has 20 heavy (non-hydrogen) atoms. The normalized spacial score (nSPS) is 11.2. The van der Waals surface area contributed by atoms with Crippen molar-refractivity contribution in [2.75, 3.05) is 5.73 Å². The highest BCUT2D eigenvalue weighted by Crippen LogP contribution is 2.36. The molecule has 0 saturated carbocycles. The van der Waals surface area contributed by atoms with Crippen LogP contribution in [-0.4, -0.2) is 5.16 Å². The van der Waals surface area contributed by atoms with Crippen LogP contribution in [0.1, 0.15) is 0 Å². The third-order valence-electron chi connectivity index (χ3n) is 2.84. The first kappa shape index (κ1) is 12.5. The summed E-state index contributed by atoms with van der Waals surface area (Å²) >= 11 is 0. The van der Waals surface area contributed by atoms with Gasteiger partial charge in [0.15, 0.2) is 11.4 Å². The Bertz CT molecular complexity index is 806. The van der Waals surface area contributed by atoms with Crippen LogP contribution in [0.3, 0.4) is 0 Å². The van der Waals surface area contributed by atoms with Gasteiger partial charge in [0, 0.05) is 23.8 Å². The molecule has 0 amide bonds. The summed E-state index contributed by atoms with van der Waals surface area (Å²) < 4.78 is 58.8. The van der Waals surface area contributed by atoms with E-state index in [4.69, 9.17) is 10.3 Å². The number of nitrogen functional groups attached to an aromatic ring is 1. The number of nitrogens with zero attached hydrogens (tertiary/aromatic N) is 1. The highest BCUT2D eigenvalue weighted by atomic mass is 19.1. The van der Waals surface area contributed by atoms with Gasteiger partial charge in [0.05, 0.1) is 10.9 Å². The summed E-state index contributed by atoms with van der Waals surface area (Å²) in [4.78, 5) is 0. The van der Waals surface area contributed by atoms with Crippen molar-refractivity contribution < 1.29 is 22.1 Å². The van der Waals surface area contributed by atoms with E-state index < -0.39 is 28.8 Å². The SMILES string of the molecule is Nc1noc2cc(F)cc(-c3c(F)cc(F)cc3F)c12. The van der Waals surface area contributed by atoms with Gasteiger partial charge in [0.2, 0.25) is 0 Å². The first-order valence-corrected chi connectivity index (χ1v) is 5.46. The van der Waals surface area contributed by atoms with Crippen LogP contribution < -0.4 is 5.73 Å². The van der Waals surface area contributed by atoms with E-state index in [2.05, 4.69) is 5.16 Å². The molecule has 0 radical (unpaired) electrons. The van der Waals surface area contributed by atoms with Crippen molar-refractivity contribution in [2.24, 2.45) is 0 Å². The average molecular weight is 282 g/mol. The number of nitrogens with two attached hydrogens (primary N) is 1. The van der Waals surface area contributed by atoms with Crippen molar-refractivity contribution in [1.82, 2.24) is 5.16 Å². The summed E-state index contributed by atoms with van der Waals surface area (Å²) in [5.41, 5.74) is 4.72. The Kier molecular flexibility index (Phi) is 2.63. The van der Waals surface area contributed by atoms with Gasteiger partial charge < -0.3 is 10.3 Å². The molecule has 2 N–H and O–H groups in total. The Morgan fingerprint density at radius 1 is 0.900 bits per heavy atom. The van der Waals surface area contributed by atoms with Crippen LogP contribution in [0, 0.1) is 23.3 Å². The van der Waals surface area contributed by atoms with Gasteiger partial charge in [0.1, 0.15) is 23.3 Å². The maximum absolute atomic E-state index is 13.8. The Hall–Kier alpha value is -2.57. The molecule has 102 valence electrons. The van der Waals surface area contributed by atoms with Crippen molar-refractivity contribution in [1.29, 1.82) is 0 Å². The zero-order valence-electron chi connectivity index (χ0n) is 9.75. The number of hydrogen-bond acceptors (Lipinski definition) is 3. The molecule has 0 aliphatic carbocycles. The number of benzene rings is 2. The van der Waals surface area contributed by atoms with Crippen molar-refractivity contribution in [2.45, 2.75) is 0 Å². The number of anilines is 1. The van der Waals surface area contributed by atoms with E-state index in [1.54, 1.807) is 0 Å². The number of fused-ring (bicyclic) bond motifs is 1. The number of hydrogen-bond donors (Lipinski definition) is 1. The van der Waals surface area contributed by atoms with E-state index in [9.17, 15) is 17.6 Å². The van der Waals surface area contributed by atoms with Crippen molar-refractivity contribution in [3.63, 3.8) is 0 Å². The summed E-state index contributed by atoms with van der Waals surface area (Å²) in [5, 5.41) is 3.48. The van der Waals surface area contributed by atoms with Crippen LogP contribution in [0.15, 0.2) is 28.8 Å². The van der Waals surface area contributed by atoms with Gasteiger partial charge in [-0.15, -0.1) is 0 Å². The van der Waals surface area contributed by atoms with Crippen molar-refractivity contribution in [3.8, 4) is 11.1 Å². The van der Waals surface area contributed by atoms with Crippen LogP contribution in [0.2, 0.25) is 0 Å². The van der Waals surface area contributed by atoms with Crippen molar-refractivity contribution >= 4 is 16.8 Å². The molecule has 0 atom stereocenters. The summed E-state index contributed by atoms with van der Waals surface area (Å²) in [5.74, 6) is -4.34. The Labute approximate surface area is 109 Å². The topological polar surface area (TPSA) is 52.0 Å². The van der Waals surface area contributed by atoms with E-state index in [1.807, 2.05) is 0 Å². The first-order valence-electron chi connectivity index (χ1n) is 5.46. The number of aromatic nitrogens is 1. The van der Waals surface area contributed by atoms with E-state index >= 15 is 0 Å². The number of rotatable bonds is 1. The third-order valence-corrected chi connectivity index (χ3v) is 2.84. The molecule has 0 aliphatic heterocycles. The lowest BCUT2D eigenvalue weighted by Gasteiger charge is -2.07. The average Bonchev–Trinajstić information content (AvgIpc) is 2.69. The van der Waals surface area contributed by atoms with Gasteiger partial charge in [0.25, 0.3) is 0 Å². The Balaban J connectivity index is 2.43. The molecular formula is C13H6F4N2O. The molecule has 3 nitrogen and oxygen atoms in total. The molecule has 3 rings (SSSR count). The van der Waals surface area contributed by atoms with Gasteiger partial charge in [-0.2, -0.15) is 0 Å². The lowest BCUT2D eigenvalue weighted by Crippen LogP contribution is -1.95. The zero-order chi connectivity index (χ0) is 14.4. The van der Waals surface area contributed by atoms with Crippen LogP contribution in [0.25, 0.3) is 22.1 Å². The second kappa shape index (κ2) is 4.22. The van der Waals surface area contributed by atoms with Crippen LogP contribution in [0.4, 0.5) is 23.4 Å². The quantitative estimate of drug-likeness (QED) is 0.693. The maximum atomic E-state index is 13.8. The minimum Gasteiger partial charge on any atom is -0.380 e. The Morgan fingerprint density at radius 2 is 1.50 bits per heavy atom. The molecule has 0 saturated heterocycles. The van der Waals surface area contributed by atoms with E-state index in [-0.39, 0.29) is 22.4 Å². The molecule has 1 aromatic heterocycles. The van der Waals surface area contributed by atoms with Crippen LogP contribution in [-0.2, 0) is 0 Å². The second-order valence-corrected chi connectivity index (χ2v) is 4.14. The summed E-state index contributed by atoms with van der Waals surface area (Å²) in [6.07, 6.45) is 0. The van der Waals surface area contributed by atoms with Gasteiger partial charge in [-0.3, -0.25) is 0 Å². The molecule has 0 fully saturated rings. The number of halogens is 4. The molecule has 1 heterocycles. The van der Waals surface area contributed by atoms with Crippen LogP contribution in [0.5, 0.6) is 0 Å². The molecule has 0 spiro atoms. The van der Waals surface area contributed by atoms with Crippen molar-refractivity contribution in [3.05, 3.63) is 47.5 Å². The minimum absolute atomic E-state index is 0.0550. The largest absolute Gasteiger partial charge is 0.380 e. The lowest BCUT2D eigenvalue weighted by atomic mass is 10.00. The molecule has 7 heteroatoms. The minimum atomic E-state index is -1.17. The molecule has 3 aromatic rings. The van der Waals surface area contributed by atoms with Gasteiger partial charge in [-0.1, -0.05) is 5.16 Å². The summed E-state index contributed by atoms with van der Waals surface area (Å²) in [7, 11) is 0. The Morgan fingerprint density at radius 3 is 2.15 bits per heavy atom. The summed E-state index contributed by atoms with van der Waals surface area (Å²) in [6.45, 7) is 0. The molecule has 0 unspecified atom stereocenters. The van der Waals surface area contributed by atoms with Gasteiger partial charge in [-0.05, 0) is 6.07 Å². The predicted octanol–water partition coefficient (Wildman–Crippen LogP) is 3.63. The standard InChI is InChI=1S/C13H6F4N2O/c14-5-1-7(12-10(4-5)20-19-13(12)18)11-8(16)2-6(15)3-9(11)17/h1-4H,(H2,18,19). The predicted molar refractivity (Wildman–Crippen MR) is 63.7 cm³/mol. The molecular weight excluding hydrogens is 276 g/mol. The fourth-order valence-corrected chi connectivity index (χ4v) is 2.06. The smallest absolute Gasteiger partial charge is 0.175 e. The fourth-order valence-electron chi connectivity index (χ4n) is 2.06. The van der Waals surface area contributed by atoms with E-state index in [0.29, 0.717) is 12.1 Å². The van der Waals surface area contributed by atoms with Crippen LogP contribution >= 0.6 is 0 Å². The third kappa shape index (κ3) is 1.78. The zero-order valence-corrected chi connectivity index (χ0v) is 9.75. The lowest BCUT2D eigenvalue weighted by molar-refractivity contribution is 0.458.